The van der Waals surface area contributed by atoms with Gasteiger partial charge in [0.25, 0.3) is 5.82 Å². The van der Waals surface area contributed by atoms with Gasteiger partial charge in [0, 0.05) is 23.6 Å². The molecule has 39 heavy (non-hydrogen) atoms. The van der Waals surface area contributed by atoms with Gasteiger partial charge in [-0.15, -0.1) is 0 Å². The summed E-state index contributed by atoms with van der Waals surface area (Å²) in [4.78, 5) is 16.3. The summed E-state index contributed by atoms with van der Waals surface area (Å²) in [6.07, 6.45) is 1.07. The highest BCUT2D eigenvalue weighted by molar-refractivity contribution is 6.02. The minimum atomic E-state index is -4.45. The molecular formula is C27H28F3N8O+. The van der Waals surface area contributed by atoms with Gasteiger partial charge in [0.2, 0.25) is 0 Å². The fraction of sp³-hybridized carbons (Fsp3) is 0.185. The minimum absolute atomic E-state index is 0.0702. The molecule has 1 heterocycles. The number of hydrogen-bond acceptors (Lipinski definition) is 6. The van der Waals surface area contributed by atoms with E-state index in [1.807, 2.05) is 6.92 Å². The Bertz CT molecular complexity index is 1480. The third kappa shape index (κ3) is 6.72. The second kappa shape index (κ2) is 11.3. The number of H-pyrrole nitrogens is 1. The number of nitrogens with one attached hydrogen (secondary N) is 2. The Hall–Kier alpha value is -4.87. The predicted molar refractivity (Wildman–Crippen MR) is 145 cm³/mol. The first-order chi connectivity index (χ1) is 18.5. The number of rotatable bonds is 7. The largest absolute Gasteiger partial charge is 0.503 e. The number of nitrogen functional groups attached to an aromatic ring is 1. The molecule has 1 atom stereocenters. The molecular weight excluding hydrogens is 509 g/mol. The summed E-state index contributed by atoms with van der Waals surface area (Å²) in [5.74, 6) is 0.536. The molecule has 0 bridgehead atoms. The van der Waals surface area contributed by atoms with Gasteiger partial charge in [-0.1, -0.05) is 24.3 Å². The SMILES string of the molecule is CNc1nc(Oc2ccc(N)cc2)[nH+]cc1C(N)=Nc1cc(N=C(N)C2C=C(C(F)(F)F)C=CC2)ccc1C. The lowest BCUT2D eigenvalue weighted by Gasteiger charge is -2.18. The monoisotopic (exact) mass is 537 g/mol. The van der Waals surface area contributed by atoms with Crippen molar-refractivity contribution in [2.45, 2.75) is 19.5 Å². The van der Waals surface area contributed by atoms with Crippen LogP contribution in [-0.4, -0.2) is 29.9 Å². The molecule has 4 rings (SSSR count). The Balaban J connectivity index is 1.58. The number of nitrogens with zero attached hydrogens (tertiary/aromatic N) is 3. The molecule has 3 aromatic rings. The highest BCUT2D eigenvalue weighted by atomic mass is 19.4. The Morgan fingerprint density at radius 1 is 1.13 bits per heavy atom. The van der Waals surface area contributed by atoms with E-state index in [0.29, 0.717) is 40.6 Å². The fourth-order valence-corrected chi connectivity index (χ4v) is 3.77. The Labute approximate surface area is 223 Å². The van der Waals surface area contributed by atoms with Crippen LogP contribution in [0.5, 0.6) is 11.8 Å². The van der Waals surface area contributed by atoms with Gasteiger partial charge in [-0.05, 0) is 55.3 Å². The van der Waals surface area contributed by atoms with Crippen LogP contribution in [-0.2, 0) is 0 Å². The van der Waals surface area contributed by atoms with E-state index in [9.17, 15) is 13.2 Å². The number of aromatic nitrogens is 2. The number of aryl methyl sites for hydroxylation is 1. The van der Waals surface area contributed by atoms with Crippen molar-refractivity contribution in [2.75, 3.05) is 18.1 Å². The van der Waals surface area contributed by atoms with E-state index in [4.69, 9.17) is 21.9 Å². The molecule has 0 radical (unpaired) electrons. The zero-order valence-electron chi connectivity index (χ0n) is 21.3. The van der Waals surface area contributed by atoms with Crippen LogP contribution in [0.4, 0.5) is 36.1 Å². The van der Waals surface area contributed by atoms with E-state index in [-0.39, 0.29) is 17.7 Å². The van der Waals surface area contributed by atoms with Gasteiger partial charge in [-0.2, -0.15) is 13.2 Å². The first-order valence-electron chi connectivity index (χ1n) is 11.9. The van der Waals surface area contributed by atoms with Gasteiger partial charge in [0.05, 0.1) is 16.9 Å². The highest BCUT2D eigenvalue weighted by Crippen LogP contribution is 2.32. The number of benzene rings is 2. The molecule has 2 aromatic carbocycles. The van der Waals surface area contributed by atoms with Crippen LogP contribution in [0.1, 0.15) is 17.5 Å². The summed E-state index contributed by atoms with van der Waals surface area (Å²) in [5, 5.41) is 2.98. The molecule has 0 spiro atoms. The average molecular weight is 538 g/mol. The number of hydrogen-bond donors (Lipinski definition) is 4. The highest BCUT2D eigenvalue weighted by Gasteiger charge is 2.34. The summed E-state index contributed by atoms with van der Waals surface area (Å²) < 4.78 is 45.0. The normalized spacial score (nSPS) is 16.1. The lowest BCUT2D eigenvalue weighted by Crippen LogP contribution is -2.25. The van der Waals surface area contributed by atoms with Crippen LogP contribution < -0.4 is 32.2 Å². The maximum absolute atomic E-state index is 13.1. The lowest BCUT2D eigenvalue weighted by molar-refractivity contribution is -0.396. The van der Waals surface area contributed by atoms with Crippen molar-refractivity contribution in [3.63, 3.8) is 0 Å². The molecule has 1 aliphatic carbocycles. The van der Waals surface area contributed by atoms with E-state index in [2.05, 4.69) is 25.3 Å². The summed E-state index contributed by atoms with van der Waals surface area (Å²) in [6.45, 7) is 1.85. The number of aliphatic imine (C=N–C) groups is 2. The van der Waals surface area contributed by atoms with E-state index >= 15 is 0 Å². The third-order valence-electron chi connectivity index (χ3n) is 5.88. The van der Waals surface area contributed by atoms with Gasteiger partial charge in [0.15, 0.2) is 0 Å². The standard InChI is InChI=1S/C27H27F3N8O/c1-15-6-9-19(36-23(32)16-4-3-5-17(12-16)27(28,29)30)13-22(15)37-24(33)21-14-35-26(38-25(21)34-2)39-20-10-7-18(31)8-11-20/h3,5-14,16H,4,31H2,1-2H3,(H2,32,36)(H2,33,37)(H,34,35,38)/p+1. The summed E-state index contributed by atoms with van der Waals surface area (Å²) in [6, 6.07) is 12.2. The number of aromatic amines is 1. The second-order valence-electron chi connectivity index (χ2n) is 8.76. The van der Waals surface area contributed by atoms with E-state index in [1.165, 1.54) is 6.08 Å². The number of anilines is 2. The topological polar surface area (TPSA) is 151 Å². The number of amidine groups is 2. The zero-order chi connectivity index (χ0) is 28.2. The van der Waals surface area contributed by atoms with Crippen molar-refractivity contribution in [2.24, 2.45) is 27.4 Å². The van der Waals surface area contributed by atoms with Gasteiger partial charge in [-0.3, -0.25) is 0 Å². The maximum atomic E-state index is 13.1. The number of alkyl halides is 3. The first kappa shape index (κ1) is 27.2. The number of halogens is 3. The van der Waals surface area contributed by atoms with Crippen molar-refractivity contribution in [1.29, 1.82) is 0 Å². The van der Waals surface area contributed by atoms with E-state index in [0.717, 1.165) is 17.7 Å². The van der Waals surface area contributed by atoms with Crippen LogP contribution in [0.3, 0.4) is 0 Å². The molecule has 1 aromatic heterocycles. The van der Waals surface area contributed by atoms with E-state index < -0.39 is 17.7 Å². The number of allylic oxidation sites excluding steroid dienone is 3. The molecule has 0 aliphatic heterocycles. The van der Waals surface area contributed by atoms with Crippen molar-refractivity contribution in [3.8, 4) is 11.8 Å². The van der Waals surface area contributed by atoms with Crippen LogP contribution in [0, 0.1) is 12.8 Å². The molecule has 0 saturated heterocycles. The van der Waals surface area contributed by atoms with Crippen molar-refractivity contribution in [1.82, 2.24) is 4.98 Å². The molecule has 9 nitrogen and oxygen atoms in total. The lowest BCUT2D eigenvalue weighted by atomic mass is 9.95. The van der Waals surface area contributed by atoms with Crippen LogP contribution in [0.25, 0.3) is 0 Å². The Morgan fingerprint density at radius 2 is 1.87 bits per heavy atom. The van der Waals surface area contributed by atoms with Crippen molar-refractivity contribution < 1.29 is 22.9 Å². The van der Waals surface area contributed by atoms with Gasteiger partial charge < -0.3 is 27.3 Å². The van der Waals surface area contributed by atoms with Crippen molar-refractivity contribution in [3.05, 3.63) is 83.6 Å². The first-order valence-corrected chi connectivity index (χ1v) is 11.9. The average Bonchev–Trinajstić information content (AvgIpc) is 2.91. The summed E-state index contributed by atoms with van der Waals surface area (Å²) >= 11 is 0. The predicted octanol–water partition coefficient (Wildman–Crippen LogP) is 4.71. The molecule has 202 valence electrons. The van der Waals surface area contributed by atoms with Crippen LogP contribution >= 0.6 is 0 Å². The Kier molecular flexibility index (Phi) is 7.84. The molecule has 8 N–H and O–H groups in total. The van der Waals surface area contributed by atoms with Gasteiger partial charge >= 0.3 is 12.2 Å². The van der Waals surface area contributed by atoms with Gasteiger partial charge in [-0.25, -0.2) is 15.0 Å². The molecule has 0 fully saturated rings. The summed E-state index contributed by atoms with van der Waals surface area (Å²) in [7, 11) is 1.69. The molecule has 12 heteroatoms. The van der Waals surface area contributed by atoms with Crippen LogP contribution in [0.2, 0.25) is 0 Å². The third-order valence-corrected chi connectivity index (χ3v) is 5.88. The minimum Gasteiger partial charge on any atom is -0.399 e. The van der Waals surface area contributed by atoms with Gasteiger partial charge in [0.1, 0.15) is 29.2 Å². The number of nitrogens with two attached hydrogens (primary N) is 3. The maximum Gasteiger partial charge on any atom is 0.503 e. The second-order valence-corrected chi connectivity index (χ2v) is 8.76. The summed E-state index contributed by atoms with van der Waals surface area (Å²) in [5.41, 5.74) is 20.2. The quantitative estimate of drug-likeness (QED) is 0.195. The fourth-order valence-electron chi connectivity index (χ4n) is 3.77. The number of ether oxygens (including phenoxy) is 1. The Morgan fingerprint density at radius 3 is 2.56 bits per heavy atom. The molecule has 1 aliphatic rings. The van der Waals surface area contributed by atoms with Crippen LogP contribution in [0.15, 0.2) is 82.4 Å². The van der Waals surface area contributed by atoms with E-state index in [1.54, 1.807) is 55.7 Å². The molecule has 0 saturated carbocycles. The zero-order valence-corrected chi connectivity index (χ0v) is 21.3. The smallest absolute Gasteiger partial charge is 0.399 e. The molecule has 1 unspecified atom stereocenters. The van der Waals surface area contributed by atoms with Crippen molar-refractivity contribution >= 4 is 34.6 Å². The molecule has 0 amide bonds.